The number of carbonyl (C=O) groups excluding carboxylic acids is 1. The third kappa shape index (κ3) is 5.65. The van der Waals surface area contributed by atoms with Gasteiger partial charge in [-0.05, 0) is 61.8 Å². The quantitative estimate of drug-likeness (QED) is 0.638. The molecule has 26 heavy (non-hydrogen) atoms. The Morgan fingerprint density at radius 2 is 1.77 bits per heavy atom. The topological polar surface area (TPSA) is 111 Å². The highest BCUT2D eigenvalue weighted by molar-refractivity contribution is 7.89. The van der Waals surface area contributed by atoms with Crippen LogP contribution in [0.15, 0.2) is 29.2 Å². The Morgan fingerprint density at radius 1 is 1.15 bits per heavy atom. The summed E-state index contributed by atoms with van der Waals surface area (Å²) in [6.07, 6.45) is 3.72. The molecule has 1 heterocycles. The number of hydrogen-bond donors (Lipinski definition) is 3. The van der Waals surface area contributed by atoms with Crippen LogP contribution in [0.4, 0.5) is 5.69 Å². The van der Waals surface area contributed by atoms with Crippen LogP contribution in [0.3, 0.4) is 0 Å². The molecule has 1 saturated carbocycles. The average Bonchev–Trinajstić information content (AvgIpc) is 3.45. The fraction of sp³-hybridized carbons (Fsp3) is 0.588. The monoisotopic (exact) mass is 403 g/mol. The lowest BCUT2D eigenvalue weighted by Gasteiger charge is -2.26. The van der Waals surface area contributed by atoms with Crippen LogP contribution in [0, 0.1) is 11.8 Å². The molecule has 1 atom stereocenters. The van der Waals surface area contributed by atoms with Gasteiger partial charge in [-0.2, -0.15) is 0 Å². The van der Waals surface area contributed by atoms with Gasteiger partial charge in [-0.15, -0.1) is 12.4 Å². The van der Waals surface area contributed by atoms with Gasteiger partial charge in [0.25, 0.3) is 0 Å². The number of nitrogens with one attached hydrogen (secondary N) is 2. The Balaban J connectivity index is 0.00000243. The number of halogens is 1. The molecule has 1 aromatic rings. The first-order chi connectivity index (χ1) is 12.0. The molecule has 1 aromatic carbocycles. The summed E-state index contributed by atoms with van der Waals surface area (Å²) in [4.78, 5) is 12.5. The van der Waals surface area contributed by atoms with Crippen molar-refractivity contribution in [3.8, 4) is 0 Å². The van der Waals surface area contributed by atoms with Crippen LogP contribution < -0.4 is 15.8 Å². The van der Waals surface area contributed by atoms with Gasteiger partial charge in [0.1, 0.15) is 0 Å². The average molecular weight is 404 g/mol. The van der Waals surface area contributed by atoms with Crippen LogP contribution >= 0.6 is 12.4 Å². The largest absolute Gasteiger partial charge is 0.381 e. The third-order valence-electron chi connectivity index (χ3n) is 4.77. The van der Waals surface area contributed by atoms with Crippen molar-refractivity contribution in [3.05, 3.63) is 24.3 Å². The van der Waals surface area contributed by atoms with Crippen molar-refractivity contribution in [2.45, 2.75) is 36.6 Å². The van der Waals surface area contributed by atoms with Gasteiger partial charge in [0.2, 0.25) is 15.9 Å². The van der Waals surface area contributed by atoms with Crippen molar-refractivity contribution in [1.82, 2.24) is 4.72 Å². The van der Waals surface area contributed by atoms with E-state index in [2.05, 4.69) is 10.0 Å². The number of anilines is 1. The molecule has 1 unspecified atom stereocenters. The van der Waals surface area contributed by atoms with Crippen molar-refractivity contribution in [2.24, 2.45) is 17.6 Å². The molecule has 1 saturated heterocycles. The minimum atomic E-state index is -3.50. The Labute approximate surface area is 160 Å². The molecule has 1 amide bonds. The van der Waals surface area contributed by atoms with E-state index in [1.807, 2.05) is 0 Å². The molecule has 2 aliphatic rings. The molecule has 0 bridgehead atoms. The molecule has 0 radical (unpaired) electrons. The molecule has 9 heteroatoms. The second-order valence-corrected chi connectivity index (χ2v) is 8.55. The first-order valence-electron chi connectivity index (χ1n) is 8.69. The summed E-state index contributed by atoms with van der Waals surface area (Å²) in [5.74, 6) is 0.328. The van der Waals surface area contributed by atoms with E-state index in [4.69, 9.17) is 10.5 Å². The molecule has 2 fully saturated rings. The normalized spacial score (nSPS) is 19.4. The summed E-state index contributed by atoms with van der Waals surface area (Å²) in [6, 6.07) is 5.56. The van der Waals surface area contributed by atoms with Gasteiger partial charge in [0.05, 0.1) is 10.9 Å². The number of carbonyl (C=O) groups is 1. The lowest BCUT2D eigenvalue weighted by Crippen LogP contribution is -2.44. The third-order valence-corrected chi connectivity index (χ3v) is 6.21. The molecule has 3 rings (SSSR count). The molecule has 0 aromatic heterocycles. The second kappa shape index (κ2) is 9.14. The molecule has 7 nitrogen and oxygen atoms in total. The van der Waals surface area contributed by atoms with E-state index < -0.39 is 16.1 Å². The van der Waals surface area contributed by atoms with E-state index in [1.54, 1.807) is 12.1 Å². The number of hydrogen-bond acceptors (Lipinski definition) is 5. The summed E-state index contributed by atoms with van der Waals surface area (Å²) in [7, 11) is -3.50. The number of rotatable bonds is 7. The minimum absolute atomic E-state index is 0. The Morgan fingerprint density at radius 3 is 2.35 bits per heavy atom. The first-order valence-corrected chi connectivity index (χ1v) is 10.2. The molecule has 1 aliphatic heterocycles. The standard InChI is InChI=1S/C17H25N3O4S.ClH/c18-16(13-7-9-24-10-8-13)17(21)20-14-3-5-15(6-4-14)25(22,23)19-11-12-1-2-12;/h3-6,12-13,16,19H,1-2,7-11,18H2,(H,20,21);1H. The van der Waals surface area contributed by atoms with Crippen LogP contribution in [0.2, 0.25) is 0 Å². The lowest BCUT2D eigenvalue weighted by molar-refractivity contribution is -0.119. The SMILES string of the molecule is Cl.NC(C(=O)Nc1ccc(S(=O)(=O)NCC2CC2)cc1)C1CCOCC1. The van der Waals surface area contributed by atoms with E-state index in [1.165, 1.54) is 12.1 Å². The van der Waals surface area contributed by atoms with Crippen LogP contribution in [0.1, 0.15) is 25.7 Å². The summed E-state index contributed by atoms with van der Waals surface area (Å²) < 4.78 is 32.3. The Bertz CT molecular complexity index is 701. The predicted molar refractivity (Wildman–Crippen MR) is 102 cm³/mol. The maximum absolute atomic E-state index is 12.3. The Kier molecular flexibility index (Phi) is 7.42. The van der Waals surface area contributed by atoms with Crippen molar-refractivity contribution in [1.29, 1.82) is 0 Å². The number of amides is 1. The van der Waals surface area contributed by atoms with Crippen LogP contribution in [-0.2, 0) is 19.6 Å². The molecule has 0 spiro atoms. The summed E-state index contributed by atoms with van der Waals surface area (Å²) >= 11 is 0. The highest BCUT2D eigenvalue weighted by atomic mass is 35.5. The van der Waals surface area contributed by atoms with Crippen LogP contribution in [0.25, 0.3) is 0 Å². The lowest BCUT2D eigenvalue weighted by atomic mass is 9.92. The zero-order valence-electron chi connectivity index (χ0n) is 14.5. The molecule has 1 aliphatic carbocycles. The van der Waals surface area contributed by atoms with Crippen molar-refractivity contribution in [2.75, 3.05) is 25.1 Å². The Hall–Kier alpha value is -1.19. The number of ether oxygens (including phenoxy) is 1. The number of nitrogens with two attached hydrogens (primary N) is 1. The molecule has 146 valence electrons. The fourth-order valence-corrected chi connectivity index (χ4v) is 3.98. The van der Waals surface area contributed by atoms with Gasteiger partial charge in [0, 0.05) is 25.4 Å². The smallest absolute Gasteiger partial charge is 0.241 e. The fourth-order valence-electron chi connectivity index (χ4n) is 2.86. The first kappa shape index (κ1) is 21.1. The van der Waals surface area contributed by atoms with E-state index in [0.717, 1.165) is 25.7 Å². The molecule has 4 N–H and O–H groups in total. The predicted octanol–water partition coefficient (Wildman–Crippen LogP) is 1.49. The van der Waals surface area contributed by atoms with Gasteiger partial charge in [-0.1, -0.05) is 0 Å². The zero-order chi connectivity index (χ0) is 17.9. The van der Waals surface area contributed by atoms with Crippen molar-refractivity contribution >= 4 is 34.0 Å². The summed E-state index contributed by atoms with van der Waals surface area (Å²) in [5.41, 5.74) is 6.58. The maximum Gasteiger partial charge on any atom is 0.241 e. The van der Waals surface area contributed by atoms with Crippen molar-refractivity contribution < 1.29 is 17.9 Å². The molecular weight excluding hydrogens is 378 g/mol. The maximum atomic E-state index is 12.3. The minimum Gasteiger partial charge on any atom is -0.381 e. The van der Waals surface area contributed by atoms with Gasteiger partial charge in [0.15, 0.2) is 0 Å². The van der Waals surface area contributed by atoms with Gasteiger partial charge in [-0.25, -0.2) is 13.1 Å². The highest BCUT2D eigenvalue weighted by Gasteiger charge is 2.27. The van der Waals surface area contributed by atoms with E-state index >= 15 is 0 Å². The molecular formula is C17H26ClN3O4S. The van der Waals surface area contributed by atoms with Gasteiger partial charge >= 0.3 is 0 Å². The highest BCUT2D eigenvalue weighted by Crippen LogP contribution is 2.28. The number of benzene rings is 1. The zero-order valence-corrected chi connectivity index (χ0v) is 16.2. The van der Waals surface area contributed by atoms with E-state index in [0.29, 0.717) is 31.4 Å². The van der Waals surface area contributed by atoms with Crippen LogP contribution in [0.5, 0.6) is 0 Å². The van der Waals surface area contributed by atoms with Crippen LogP contribution in [-0.4, -0.2) is 40.1 Å². The summed E-state index contributed by atoms with van der Waals surface area (Å²) in [5, 5.41) is 2.76. The van der Waals surface area contributed by atoms with Crippen molar-refractivity contribution in [3.63, 3.8) is 0 Å². The van der Waals surface area contributed by atoms with Gasteiger partial charge < -0.3 is 15.8 Å². The summed E-state index contributed by atoms with van der Waals surface area (Å²) in [6.45, 7) is 1.75. The second-order valence-electron chi connectivity index (χ2n) is 6.78. The van der Waals surface area contributed by atoms with E-state index in [-0.39, 0.29) is 29.1 Å². The van der Waals surface area contributed by atoms with E-state index in [9.17, 15) is 13.2 Å². The number of sulfonamides is 1. The van der Waals surface area contributed by atoms with Gasteiger partial charge in [-0.3, -0.25) is 4.79 Å².